The van der Waals surface area contributed by atoms with Crippen molar-refractivity contribution in [3.63, 3.8) is 0 Å². The molecule has 0 amide bonds. The Morgan fingerprint density at radius 2 is 2.00 bits per heavy atom. The second-order valence-electron chi connectivity index (χ2n) is 6.37. The molecule has 1 aliphatic carbocycles. The van der Waals surface area contributed by atoms with Gasteiger partial charge in [0.2, 0.25) is 0 Å². The molecule has 0 fully saturated rings. The van der Waals surface area contributed by atoms with Crippen LogP contribution in [0.4, 0.5) is 0 Å². The van der Waals surface area contributed by atoms with Gasteiger partial charge in [0.1, 0.15) is 0 Å². The summed E-state index contributed by atoms with van der Waals surface area (Å²) < 4.78 is 0. The van der Waals surface area contributed by atoms with Gasteiger partial charge in [-0.2, -0.15) is 0 Å². The Morgan fingerprint density at radius 3 is 2.74 bits per heavy atom. The fourth-order valence-corrected chi connectivity index (χ4v) is 2.50. The molecule has 1 aromatic carbocycles. The first-order chi connectivity index (χ1) is 8.97. The number of aryl methyl sites for hydroxylation is 1. The van der Waals surface area contributed by atoms with Crippen LogP contribution in [0.3, 0.4) is 0 Å². The first-order valence-electron chi connectivity index (χ1n) is 7.09. The van der Waals surface area contributed by atoms with Crippen molar-refractivity contribution in [1.82, 2.24) is 0 Å². The number of rotatable bonds is 1. The highest BCUT2D eigenvalue weighted by Gasteiger charge is 2.24. The summed E-state index contributed by atoms with van der Waals surface area (Å²) in [5.41, 5.74) is 2.15. The smallest absolute Gasteiger partial charge is 0.167 e. The normalized spacial score (nSPS) is 19.1. The lowest BCUT2D eigenvalue weighted by Crippen LogP contribution is -2.13. The van der Waals surface area contributed by atoms with Crippen LogP contribution in [0.5, 0.6) is 0 Å². The molecule has 0 radical (unpaired) electrons. The molecule has 0 heterocycles. The van der Waals surface area contributed by atoms with Crippen molar-refractivity contribution >= 4 is 5.78 Å². The molecule has 100 valence electrons. The number of ketones is 1. The lowest BCUT2D eigenvalue weighted by molar-refractivity contribution is 0.0918. The Kier molecular flexibility index (Phi) is 4.10. The maximum atomic E-state index is 12.5. The minimum absolute atomic E-state index is 0.0195. The van der Waals surface area contributed by atoms with Crippen LogP contribution >= 0.6 is 0 Å². The third-order valence-corrected chi connectivity index (χ3v) is 3.46. The van der Waals surface area contributed by atoms with E-state index in [2.05, 4.69) is 38.7 Å². The summed E-state index contributed by atoms with van der Waals surface area (Å²) in [6.45, 7) is 6.30. The first kappa shape index (κ1) is 13.9. The molecule has 0 aliphatic heterocycles. The molecule has 19 heavy (non-hydrogen) atoms. The molecule has 1 nitrogen and oxygen atoms in total. The van der Waals surface area contributed by atoms with Crippen LogP contribution in [0.2, 0.25) is 0 Å². The standard InChI is InChI=1S/C18H22O/c1-18(2,3)13-7-11-15-10-6-9-14-8-4-5-12-16(14)17(15)19/h4-5,8,12,15H,6,9-11H2,1-3H3. The first-order valence-corrected chi connectivity index (χ1v) is 7.09. The van der Waals surface area contributed by atoms with Crippen LogP contribution < -0.4 is 0 Å². The molecule has 0 saturated heterocycles. The molecule has 1 heteroatoms. The minimum Gasteiger partial charge on any atom is -0.294 e. The summed E-state index contributed by atoms with van der Waals surface area (Å²) in [5, 5.41) is 0. The van der Waals surface area contributed by atoms with Gasteiger partial charge in [0.05, 0.1) is 0 Å². The molecule has 0 aromatic heterocycles. The van der Waals surface area contributed by atoms with Crippen LogP contribution in [0.15, 0.2) is 24.3 Å². The number of hydrogen-bond acceptors (Lipinski definition) is 1. The summed E-state index contributed by atoms with van der Waals surface area (Å²) in [5.74, 6) is 6.82. The second kappa shape index (κ2) is 5.61. The fourth-order valence-electron chi connectivity index (χ4n) is 2.50. The highest BCUT2D eigenvalue weighted by molar-refractivity contribution is 5.99. The molecule has 1 aromatic rings. The highest BCUT2D eigenvalue weighted by Crippen LogP contribution is 2.26. The number of fused-ring (bicyclic) bond motifs is 1. The van der Waals surface area contributed by atoms with Gasteiger partial charge in [0, 0.05) is 23.3 Å². The zero-order valence-electron chi connectivity index (χ0n) is 12.1. The third-order valence-electron chi connectivity index (χ3n) is 3.46. The molecule has 0 bridgehead atoms. The summed E-state index contributed by atoms with van der Waals surface area (Å²) in [6.07, 6.45) is 3.77. The molecular weight excluding hydrogens is 232 g/mol. The number of carbonyl (C=O) groups is 1. The number of hydrogen-bond donors (Lipinski definition) is 0. The largest absolute Gasteiger partial charge is 0.294 e. The Morgan fingerprint density at radius 1 is 1.26 bits per heavy atom. The number of Topliss-reactive ketones (excluding diaryl/α,β-unsaturated/α-hetero) is 1. The van der Waals surface area contributed by atoms with E-state index in [1.54, 1.807) is 0 Å². The van der Waals surface area contributed by atoms with Crippen molar-refractivity contribution < 1.29 is 4.79 Å². The van der Waals surface area contributed by atoms with E-state index in [0.29, 0.717) is 6.42 Å². The van der Waals surface area contributed by atoms with Crippen LogP contribution in [-0.2, 0) is 6.42 Å². The fraction of sp³-hybridized carbons (Fsp3) is 0.500. The van der Waals surface area contributed by atoms with Crippen LogP contribution in [-0.4, -0.2) is 5.78 Å². The minimum atomic E-state index is 0.0195. The van der Waals surface area contributed by atoms with Gasteiger partial charge < -0.3 is 0 Å². The van der Waals surface area contributed by atoms with E-state index < -0.39 is 0 Å². The van der Waals surface area contributed by atoms with Crippen molar-refractivity contribution in [2.75, 3.05) is 0 Å². The van der Waals surface area contributed by atoms with Crippen molar-refractivity contribution in [1.29, 1.82) is 0 Å². The van der Waals surface area contributed by atoms with Gasteiger partial charge in [-0.25, -0.2) is 0 Å². The van der Waals surface area contributed by atoms with Crippen molar-refractivity contribution in [2.45, 2.75) is 46.5 Å². The predicted molar refractivity (Wildman–Crippen MR) is 79.0 cm³/mol. The monoisotopic (exact) mass is 254 g/mol. The Balaban J connectivity index is 2.15. The molecular formula is C18H22O. The van der Waals surface area contributed by atoms with Crippen LogP contribution in [0, 0.1) is 23.2 Å². The molecule has 1 unspecified atom stereocenters. The summed E-state index contributed by atoms with van der Waals surface area (Å²) in [4.78, 5) is 12.5. The van der Waals surface area contributed by atoms with E-state index in [-0.39, 0.29) is 17.1 Å². The zero-order valence-corrected chi connectivity index (χ0v) is 12.1. The van der Waals surface area contributed by atoms with Gasteiger partial charge in [-0.1, -0.05) is 30.2 Å². The average molecular weight is 254 g/mol. The van der Waals surface area contributed by atoms with Gasteiger partial charge in [0.15, 0.2) is 5.78 Å². The van der Waals surface area contributed by atoms with E-state index in [0.717, 1.165) is 24.8 Å². The number of benzene rings is 1. The second-order valence-corrected chi connectivity index (χ2v) is 6.37. The average Bonchev–Trinajstić information content (AvgIpc) is 2.49. The lowest BCUT2D eigenvalue weighted by Gasteiger charge is -2.11. The topological polar surface area (TPSA) is 17.1 Å². The van der Waals surface area contributed by atoms with E-state index >= 15 is 0 Å². The van der Waals surface area contributed by atoms with E-state index in [9.17, 15) is 4.79 Å². The third kappa shape index (κ3) is 3.70. The van der Waals surface area contributed by atoms with Crippen molar-refractivity contribution in [3.8, 4) is 11.8 Å². The molecule has 0 N–H and O–H groups in total. The lowest BCUT2D eigenvalue weighted by atomic mass is 9.91. The maximum Gasteiger partial charge on any atom is 0.167 e. The van der Waals surface area contributed by atoms with Gasteiger partial charge in [-0.15, -0.1) is 5.92 Å². The molecule has 2 rings (SSSR count). The molecule has 0 spiro atoms. The Labute approximate surface area is 116 Å². The van der Waals surface area contributed by atoms with Gasteiger partial charge >= 0.3 is 0 Å². The zero-order chi connectivity index (χ0) is 13.9. The van der Waals surface area contributed by atoms with Gasteiger partial charge in [-0.05, 0) is 45.6 Å². The van der Waals surface area contributed by atoms with Crippen LogP contribution in [0.1, 0.15) is 56.0 Å². The molecule has 1 aliphatic rings. The predicted octanol–water partition coefficient (Wildman–Crippen LogP) is 4.26. The van der Waals surface area contributed by atoms with Crippen LogP contribution in [0.25, 0.3) is 0 Å². The Bertz CT molecular complexity index is 523. The SMILES string of the molecule is CC(C)(C)C#CCC1CCCc2ccccc2C1=O. The van der Waals surface area contributed by atoms with E-state index in [4.69, 9.17) is 0 Å². The van der Waals surface area contributed by atoms with Gasteiger partial charge in [-0.3, -0.25) is 4.79 Å². The molecule has 0 saturated carbocycles. The van der Waals surface area contributed by atoms with E-state index in [1.165, 1.54) is 5.56 Å². The quantitative estimate of drug-likeness (QED) is 0.540. The summed E-state index contributed by atoms with van der Waals surface area (Å²) >= 11 is 0. The summed E-state index contributed by atoms with van der Waals surface area (Å²) in [6, 6.07) is 8.02. The molecule has 1 atom stereocenters. The highest BCUT2D eigenvalue weighted by atomic mass is 16.1. The van der Waals surface area contributed by atoms with Gasteiger partial charge in [0.25, 0.3) is 0 Å². The Hall–Kier alpha value is -1.55. The van der Waals surface area contributed by atoms with Crippen molar-refractivity contribution in [2.24, 2.45) is 11.3 Å². The van der Waals surface area contributed by atoms with Crippen molar-refractivity contribution in [3.05, 3.63) is 35.4 Å². The van der Waals surface area contributed by atoms with E-state index in [1.807, 2.05) is 18.2 Å². The summed E-state index contributed by atoms with van der Waals surface area (Å²) in [7, 11) is 0. The number of carbonyl (C=O) groups excluding carboxylic acids is 1. The maximum absolute atomic E-state index is 12.5.